The van der Waals surface area contributed by atoms with Crippen molar-refractivity contribution in [2.45, 2.75) is 56.5 Å². The first kappa shape index (κ1) is 11.5. The first-order valence-corrected chi connectivity index (χ1v) is 7.93. The van der Waals surface area contributed by atoms with E-state index in [4.69, 9.17) is 5.73 Å². The van der Waals surface area contributed by atoms with Crippen LogP contribution in [0.5, 0.6) is 0 Å². The minimum Gasteiger partial charge on any atom is -0.329 e. The van der Waals surface area contributed by atoms with E-state index in [2.05, 4.69) is 17.5 Å². The van der Waals surface area contributed by atoms with Gasteiger partial charge < -0.3 is 11.1 Å². The molecule has 4 fully saturated rings. The van der Waals surface area contributed by atoms with E-state index in [0.717, 1.165) is 30.2 Å². The third-order valence-corrected chi connectivity index (χ3v) is 6.41. The lowest BCUT2D eigenvalue weighted by molar-refractivity contribution is -0.0734. The van der Waals surface area contributed by atoms with Crippen LogP contribution in [0.3, 0.4) is 0 Å². The van der Waals surface area contributed by atoms with Crippen LogP contribution in [-0.2, 0) is 0 Å². The number of nitrogens with one attached hydrogen (secondary N) is 1. The number of hydrogen-bond donors (Lipinski definition) is 2. The van der Waals surface area contributed by atoms with Gasteiger partial charge >= 0.3 is 0 Å². The van der Waals surface area contributed by atoms with Crippen LogP contribution in [0.2, 0.25) is 0 Å². The molecule has 0 amide bonds. The Morgan fingerprint density at radius 2 is 1.50 bits per heavy atom. The second kappa shape index (κ2) is 4.08. The van der Waals surface area contributed by atoms with Crippen molar-refractivity contribution in [3.05, 3.63) is 12.2 Å². The van der Waals surface area contributed by atoms with Crippen LogP contribution in [-0.4, -0.2) is 18.1 Å². The smallest absolute Gasteiger partial charge is 0.0363 e. The number of hydrogen-bond acceptors (Lipinski definition) is 2. The SMILES string of the molecule is NCC1(NC2CC=CC2)C2CC3CC(C2)CC1C3. The molecule has 3 N–H and O–H groups in total. The molecule has 18 heavy (non-hydrogen) atoms. The molecule has 2 heteroatoms. The zero-order valence-electron chi connectivity index (χ0n) is 11.3. The molecule has 0 aromatic carbocycles. The van der Waals surface area contributed by atoms with Gasteiger partial charge in [0.2, 0.25) is 0 Å². The van der Waals surface area contributed by atoms with Crippen LogP contribution < -0.4 is 11.1 Å². The maximum Gasteiger partial charge on any atom is 0.0363 e. The van der Waals surface area contributed by atoms with Gasteiger partial charge in [-0.3, -0.25) is 0 Å². The van der Waals surface area contributed by atoms with Crippen molar-refractivity contribution >= 4 is 0 Å². The van der Waals surface area contributed by atoms with Gasteiger partial charge in [0.1, 0.15) is 0 Å². The van der Waals surface area contributed by atoms with Crippen molar-refractivity contribution in [2.24, 2.45) is 29.4 Å². The Morgan fingerprint density at radius 1 is 0.944 bits per heavy atom. The van der Waals surface area contributed by atoms with Gasteiger partial charge in [-0.25, -0.2) is 0 Å². The molecule has 4 saturated carbocycles. The average molecular weight is 246 g/mol. The Hall–Kier alpha value is -0.340. The van der Waals surface area contributed by atoms with Crippen LogP contribution in [0.4, 0.5) is 0 Å². The van der Waals surface area contributed by atoms with E-state index in [1.165, 1.54) is 44.9 Å². The first-order valence-electron chi connectivity index (χ1n) is 7.93. The minimum absolute atomic E-state index is 0.296. The highest BCUT2D eigenvalue weighted by atomic mass is 15.1. The Labute approximate surface area is 110 Å². The van der Waals surface area contributed by atoms with Gasteiger partial charge in [-0.15, -0.1) is 0 Å². The predicted octanol–water partition coefficient (Wildman–Crippen LogP) is 2.45. The number of rotatable bonds is 3. The molecule has 0 aromatic heterocycles. The van der Waals surface area contributed by atoms with Crippen molar-refractivity contribution in [1.82, 2.24) is 5.32 Å². The summed E-state index contributed by atoms with van der Waals surface area (Å²) in [7, 11) is 0. The van der Waals surface area contributed by atoms with E-state index in [1.807, 2.05) is 0 Å². The van der Waals surface area contributed by atoms with Crippen LogP contribution in [0.1, 0.15) is 44.9 Å². The van der Waals surface area contributed by atoms with Gasteiger partial charge in [-0.05, 0) is 68.6 Å². The summed E-state index contributed by atoms with van der Waals surface area (Å²) in [6.45, 7) is 0.859. The Balaban J connectivity index is 1.59. The molecule has 5 aliphatic rings. The largest absolute Gasteiger partial charge is 0.329 e. The molecule has 0 aromatic rings. The molecular formula is C16H26N2. The molecule has 0 aliphatic heterocycles. The maximum absolute atomic E-state index is 6.28. The third kappa shape index (κ3) is 1.55. The average Bonchev–Trinajstić information content (AvgIpc) is 2.86. The van der Waals surface area contributed by atoms with Crippen molar-refractivity contribution in [3.8, 4) is 0 Å². The Kier molecular flexibility index (Phi) is 2.60. The van der Waals surface area contributed by atoms with E-state index in [1.54, 1.807) is 0 Å². The third-order valence-electron chi connectivity index (χ3n) is 6.41. The summed E-state index contributed by atoms with van der Waals surface area (Å²) in [5.74, 6) is 3.82. The highest BCUT2D eigenvalue weighted by Gasteiger charge is 2.56. The zero-order valence-corrected chi connectivity index (χ0v) is 11.3. The lowest BCUT2D eigenvalue weighted by Gasteiger charge is -2.62. The molecule has 5 aliphatic carbocycles. The highest BCUT2D eigenvalue weighted by Crippen LogP contribution is 2.58. The van der Waals surface area contributed by atoms with Gasteiger partial charge in [0.05, 0.1) is 0 Å². The van der Waals surface area contributed by atoms with Gasteiger partial charge in [-0.1, -0.05) is 12.2 Å². The fourth-order valence-electron chi connectivity index (χ4n) is 5.77. The summed E-state index contributed by atoms with van der Waals surface area (Å²) in [4.78, 5) is 0. The molecule has 0 heterocycles. The Bertz CT molecular complexity index is 324. The summed E-state index contributed by atoms with van der Waals surface area (Å²) in [5, 5.41) is 4.04. The topological polar surface area (TPSA) is 38.0 Å². The highest BCUT2D eigenvalue weighted by molar-refractivity contribution is 5.14. The van der Waals surface area contributed by atoms with Crippen molar-refractivity contribution in [2.75, 3.05) is 6.54 Å². The summed E-state index contributed by atoms with van der Waals surface area (Å²) in [6, 6.07) is 0.672. The molecule has 0 unspecified atom stereocenters. The van der Waals surface area contributed by atoms with Crippen LogP contribution in [0.15, 0.2) is 12.2 Å². The number of nitrogens with two attached hydrogens (primary N) is 1. The van der Waals surface area contributed by atoms with E-state index in [9.17, 15) is 0 Å². The van der Waals surface area contributed by atoms with Crippen molar-refractivity contribution in [3.63, 3.8) is 0 Å². The first-order chi connectivity index (χ1) is 8.80. The van der Waals surface area contributed by atoms with E-state index in [-0.39, 0.29) is 0 Å². The van der Waals surface area contributed by atoms with Crippen LogP contribution in [0.25, 0.3) is 0 Å². The fraction of sp³-hybridized carbons (Fsp3) is 0.875. The maximum atomic E-state index is 6.28. The van der Waals surface area contributed by atoms with E-state index >= 15 is 0 Å². The lowest BCUT2D eigenvalue weighted by Crippen LogP contribution is -2.69. The summed E-state index contributed by atoms with van der Waals surface area (Å²) < 4.78 is 0. The molecule has 0 radical (unpaired) electrons. The predicted molar refractivity (Wildman–Crippen MR) is 74.1 cm³/mol. The normalized spacial score (nSPS) is 50.3. The molecule has 0 saturated heterocycles. The summed E-state index contributed by atoms with van der Waals surface area (Å²) in [6.07, 6.45) is 14.4. The van der Waals surface area contributed by atoms with E-state index < -0.39 is 0 Å². The second-order valence-electron chi connectivity index (χ2n) is 7.33. The quantitative estimate of drug-likeness (QED) is 0.751. The Morgan fingerprint density at radius 3 is 2.00 bits per heavy atom. The van der Waals surface area contributed by atoms with Gasteiger partial charge in [-0.2, -0.15) is 0 Å². The molecule has 0 spiro atoms. The van der Waals surface area contributed by atoms with Crippen LogP contribution >= 0.6 is 0 Å². The molecule has 0 atom stereocenters. The summed E-state index contributed by atoms with van der Waals surface area (Å²) >= 11 is 0. The zero-order chi connectivity index (χ0) is 12.2. The van der Waals surface area contributed by atoms with Gasteiger partial charge in [0, 0.05) is 18.1 Å². The van der Waals surface area contributed by atoms with Crippen molar-refractivity contribution in [1.29, 1.82) is 0 Å². The lowest BCUT2D eigenvalue weighted by atomic mass is 9.48. The molecule has 2 nitrogen and oxygen atoms in total. The molecule has 4 bridgehead atoms. The molecular weight excluding hydrogens is 220 g/mol. The van der Waals surface area contributed by atoms with E-state index in [0.29, 0.717) is 11.6 Å². The van der Waals surface area contributed by atoms with Gasteiger partial charge in [0.25, 0.3) is 0 Å². The second-order valence-corrected chi connectivity index (χ2v) is 7.33. The minimum atomic E-state index is 0.296. The van der Waals surface area contributed by atoms with Crippen molar-refractivity contribution < 1.29 is 0 Å². The van der Waals surface area contributed by atoms with Crippen LogP contribution in [0, 0.1) is 23.7 Å². The molecule has 100 valence electrons. The monoisotopic (exact) mass is 246 g/mol. The standard InChI is InChI=1S/C16H26N2/c17-10-16(18-15-3-1-2-4-15)13-6-11-5-12(8-13)9-14(16)7-11/h1-2,11-15,18H,3-10,17H2. The molecule has 5 rings (SSSR count). The fourth-order valence-corrected chi connectivity index (χ4v) is 5.77. The van der Waals surface area contributed by atoms with Gasteiger partial charge in [0.15, 0.2) is 0 Å². The summed E-state index contributed by atoms with van der Waals surface area (Å²) in [5.41, 5.74) is 6.58.